The molecule has 70 valence electrons. The molecule has 0 aromatic heterocycles. The largest absolute Gasteiger partial charge is 0.326 e. The average molecular weight is 177 g/mol. The highest BCUT2D eigenvalue weighted by molar-refractivity contribution is 5.89. The molecule has 1 aromatic carbocycles. The minimum atomic E-state index is -0.0173. The summed E-state index contributed by atoms with van der Waals surface area (Å²) in [6.07, 6.45) is 0.993. The minimum Gasteiger partial charge on any atom is -0.326 e. The number of benzene rings is 1. The third-order valence-corrected chi connectivity index (χ3v) is 2.02. The summed E-state index contributed by atoms with van der Waals surface area (Å²) in [4.78, 5) is 10.9. The Hall–Kier alpha value is -1.31. The van der Waals surface area contributed by atoms with Gasteiger partial charge in [-0.15, -0.1) is 0 Å². The van der Waals surface area contributed by atoms with Crippen molar-refractivity contribution >= 4 is 11.6 Å². The van der Waals surface area contributed by atoms with Crippen LogP contribution in [0.2, 0.25) is 0 Å². The summed E-state index contributed by atoms with van der Waals surface area (Å²) in [7, 11) is 0. The van der Waals surface area contributed by atoms with Gasteiger partial charge >= 0.3 is 0 Å². The van der Waals surface area contributed by atoms with Crippen molar-refractivity contribution in [2.24, 2.45) is 0 Å². The highest BCUT2D eigenvalue weighted by atomic mass is 16.1. The molecule has 2 heteroatoms. The van der Waals surface area contributed by atoms with Crippen LogP contribution in [-0.2, 0) is 11.2 Å². The molecule has 0 saturated heterocycles. The Morgan fingerprint density at radius 1 is 1.46 bits per heavy atom. The van der Waals surface area contributed by atoms with E-state index < -0.39 is 0 Å². The van der Waals surface area contributed by atoms with Gasteiger partial charge in [0.1, 0.15) is 0 Å². The highest BCUT2D eigenvalue weighted by Crippen LogP contribution is 2.16. The van der Waals surface area contributed by atoms with E-state index in [1.54, 1.807) is 0 Å². The van der Waals surface area contributed by atoms with Gasteiger partial charge in [-0.2, -0.15) is 0 Å². The second-order valence-corrected chi connectivity index (χ2v) is 3.18. The number of amides is 1. The minimum absolute atomic E-state index is 0.0173. The molecule has 0 aliphatic carbocycles. The van der Waals surface area contributed by atoms with Crippen LogP contribution >= 0.6 is 0 Å². The second-order valence-electron chi connectivity index (χ2n) is 3.18. The molecule has 2 nitrogen and oxygen atoms in total. The second kappa shape index (κ2) is 4.08. The zero-order valence-corrected chi connectivity index (χ0v) is 8.35. The first kappa shape index (κ1) is 9.78. The molecule has 0 heterocycles. The first-order valence-corrected chi connectivity index (χ1v) is 4.50. The van der Waals surface area contributed by atoms with Crippen molar-refractivity contribution in [1.82, 2.24) is 0 Å². The van der Waals surface area contributed by atoms with Gasteiger partial charge in [-0.25, -0.2) is 0 Å². The lowest BCUT2D eigenvalue weighted by molar-refractivity contribution is -0.114. The lowest BCUT2D eigenvalue weighted by atomic mass is 10.1. The maximum atomic E-state index is 10.9. The van der Waals surface area contributed by atoms with Gasteiger partial charge in [-0.3, -0.25) is 4.79 Å². The van der Waals surface area contributed by atoms with E-state index in [0.717, 1.165) is 17.7 Å². The predicted molar refractivity (Wildman–Crippen MR) is 54.9 cm³/mol. The van der Waals surface area contributed by atoms with Crippen molar-refractivity contribution in [3.63, 3.8) is 0 Å². The molecular formula is C11H15NO. The first-order valence-electron chi connectivity index (χ1n) is 4.50. The van der Waals surface area contributed by atoms with Crippen molar-refractivity contribution in [3.8, 4) is 0 Å². The smallest absolute Gasteiger partial charge is 0.221 e. The SMILES string of the molecule is CCc1ccc(C)c(NC(C)=O)c1. The number of aryl methyl sites for hydroxylation is 2. The van der Waals surface area contributed by atoms with E-state index in [0.29, 0.717) is 0 Å². The van der Waals surface area contributed by atoms with E-state index in [-0.39, 0.29) is 5.91 Å². The normalized spacial score (nSPS) is 9.77. The lowest BCUT2D eigenvalue weighted by Gasteiger charge is -2.07. The van der Waals surface area contributed by atoms with E-state index in [9.17, 15) is 4.79 Å². The number of hydrogen-bond donors (Lipinski definition) is 1. The molecule has 0 aliphatic rings. The Bertz CT molecular complexity index is 318. The van der Waals surface area contributed by atoms with Crippen molar-refractivity contribution in [3.05, 3.63) is 29.3 Å². The van der Waals surface area contributed by atoms with Crippen LogP contribution in [-0.4, -0.2) is 5.91 Å². The molecule has 0 fully saturated rings. The fourth-order valence-electron chi connectivity index (χ4n) is 1.21. The maximum absolute atomic E-state index is 10.9. The van der Waals surface area contributed by atoms with Crippen LogP contribution in [0.5, 0.6) is 0 Å². The first-order chi connectivity index (χ1) is 6.13. The Morgan fingerprint density at radius 2 is 2.15 bits per heavy atom. The Balaban J connectivity index is 2.96. The van der Waals surface area contributed by atoms with Gasteiger partial charge in [0.2, 0.25) is 5.91 Å². The Kier molecular flexibility index (Phi) is 3.07. The number of hydrogen-bond acceptors (Lipinski definition) is 1. The molecule has 0 unspecified atom stereocenters. The summed E-state index contributed by atoms with van der Waals surface area (Å²) in [5.41, 5.74) is 3.27. The third kappa shape index (κ3) is 2.58. The lowest BCUT2D eigenvalue weighted by Crippen LogP contribution is -2.07. The molecular weight excluding hydrogens is 162 g/mol. The molecule has 0 spiro atoms. The van der Waals surface area contributed by atoms with Crippen LogP contribution in [0.1, 0.15) is 25.0 Å². The topological polar surface area (TPSA) is 29.1 Å². The monoisotopic (exact) mass is 177 g/mol. The average Bonchev–Trinajstić information content (AvgIpc) is 2.08. The highest BCUT2D eigenvalue weighted by Gasteiger charge is 2.00. The number of carbonyl (C=O) groups is 1. The summed E-state index contributed by atoms with van der Waals surface area (Å²) in [5.74, 6) is -0.0173. The zero-order valence-electron chi connectivity index (χ0n) is 8.35. The van der Waals surface area contributed by atoms with Crippen molar-refractivity contribution in [1.29, 1.82) is 0 Å². The van der Waals surface area contributed by atoms with E-state index in [4.69, 9.17) is 0 Å². The number of nitrogens with one attached hydrogen (secondary N) is 1. The van der Waals surface area contributed by atoms with E-state index in [2.05, 4.69) is 18.3 Å². The van der Waals surface area contributed by atoms with Crippen LogP contribution in [0.25, 0.3) is 0 Å². The van der Waals surface area contributed by atoms with E-state index in [1.165, 1.54) is 12.5 Å². The quantitative estimate of drug-likeness (QED) is 0.739. The van der Waals surface area contributed by atoms with Gasteiger partial charge in [0.05, 0.1) is 0 Å². The van der Waals surface area contributed by atoms with Crippen LogP contribution in [0.15, 0.2) is 18.2 Å². The molecule has 1 N–H and O–H groups in total. The van der Waals surface area contributed by atoms with Crippen LogP contribution in [0.4, 0.5) is 5.69 Å². The summed E-state index contributed by atoms with van der Waals surface area (Å²) in [6, 6.07) is 6.14. The molecule has 13 heavy (non-hydrogen) atoms. The zero-order chi connectivity index (χ0) is 9.84. The van der Waals surface area contributed by atoms with Crippen LogP contribution in [0, 0.1) is 6.92 Å². The number of carbonyl (C=O) groups excluding carboxylic acids is 1. The number of anilines is 1. The van der Waals surface area contributed by atoms with Gasteiger partial charge in [0, 0.05) is 12.6 Å². The third-order valence-electron chi connectivity index (χ3n) is 2.02. The fourth-order valence-corrected chi connectivity index (χ4v) is 1.21. The van der Waals surface area contributed by atoms with Gasteiger partial charge in [-0.05, 0) is 30.5 Å². The summed E-state index contributed by atoms with van der Waals surface area (Å²) < 4.78 is 0. The summed E-state index contributed by atoms with van der Waals surface area (Å²) in [5, 5.41) is 2.81. The van der Waals surface area contributed by atoms with Crippen LogP contribution in [0.3, 0.4) is 0 Å². The fraction of sp³-hybridized carbons (Fsp3) is 0.364. The Morgan fingerprint density at radius 3 is 2.69 bits per heavy atom. The molecule has 1 aromatic rings. The molecule has 1 rings (SSSR count). The molecule has 0 radical (unpaired) electrons. The van der Waals surface area contributed by atoms with Gasteiger partial charge < -0.3 is 5.32 Å². The summed E-state index contributed by atoms with van der Waals surface area (Å²) in [6.45, 7) is 5.62. The van der Waals surface area contributed by atoms with Crippen molar-refractivity contribution < 1.29 is 4.79 Å². The standard InChI is InChI=1S/C11H15NO/c1-4-10-6-5-8(2)11(7-10)12-9(3)13/h5-7H,4H2,1-3H3,(H,12,13). The Labute approximate surface area is 79.0 Å². The van der Waals surface area contributed by atoms with Gasteiger partial charge in [0.15, 0.2) is 0 Å². The van der Waals surface area contributed by atoms with E-state index in [1.807, 2.05) is 19.1 Å². The van der Waals surface area contributed by atoms with Crippen molar-refractivity contribution in [2.75, 3.05) is 5.32 Å². The molecule has 0 saturated carbocycles. The maximum Gasteiger partial charge on any atom is 0.221 e. The van der Waals surface area contributed by atoms with Crippen molar-refractivity contribution in [2.45, 2.75) is 27.2 Å². The molecule has 0 atom stereocenters. The van der Waals surface area contributed by atoms with Gasteiger partial charge in [-0.1, -0.05) is 19.1 Å². The predicted octanol–water partition coefficient (Wildman–Crippen LogP) is 2.52. The van der Waals surface area contributed by atoms with Gasteiger partial charge in [0.25, 0.3) is 0 Å². The molecule has 0 aliphatic heterocycles. The number of rotatable bonds is 2. The molecule has 1 amide bonds. The summed E-state index contributed by atoms with van der Waals surface area (Å²) >= 11 is 0. The van der Waals surface area contributed by atoms with Crippen LogP contribution < -0.4 is 5.32 Å². The van der Waals surface area contributed by atoms with E-state index >= 15 is 0 Å². The molecule has 0 bridgehead atoms.